The van der Waals surface area contributed by atoms with Crippen LogP contribution in [0.4, 0.5) is 18.9 Å². The second-order valence-corrected chi connectivity index (χ2v) is 11.3. The Kier molecular flexibility index (Phi) is 7.98. The van der Waals surface area contributed by atoms with Crippen molar-refractivity contribution in [2.45, 2.75) is 46.6 Å². The number of amides is 1. The van der Waals surface area contributed by atoms with Gasteiger partial charge in [-0.3, -0.25) is 14.4 Å². The number of carboxylic acids is 1. The number of hydrogen-bond acceptors (Lipinski definition) is 5. The number of carbonyl (C=O) groups excluding carboxylic acids is 1. The van der Waals surface area contributed by atoms with E-state index < -0.39 is 40.0 Å². The van der Waals surface area contributed by atoms with Crippen LogP contribution < -0.4 is 10.3 Å². The van der Waals surface area contributed by atoms with Gasteiger partial charge in [-0.05, 0) is 64.2 Å². The van der Waals surface area contributed by atoms with Gasteiger partial charge in [0.2, 0.25) is 11.8 Å². The van der Waals surface area contributed by atoms with Crippen molar-refractivity contribution in [3.63, 3.8) is 0 Å². The highest BCUT2D eigenvalue weighted by Gasteiger charge is 2.32. The fourth-order valence-corrected chi connectivity index (χ4v) is 5.24. The van der Waals surface area contributed by atoms with E-state index in [1.54, 1.807) is 0 Å². The zero-order chi connectivity index (χ0) is 29.5. The quantitative estimate of drug-likeness (QED) is 0.306. The van der Waals surface area contributed by atoms with Crippen LogP contribution in [-0.4, -0.2) is 52.4 Å². The van der Waals surface area contributed by atoms with Crippen LogP contribution in [0.15, 0.2) is 35.3 Å². The molecule has 2 heterocycles. The van der Waals surface area contributed by atoms with Gasteiger partial charge >= 0.3 is 5.97 Å². The minimum atomic E-state index is -1.55. The Bertz CT molecular complexity index is 1530. The van der Waals surface area contributed by atoms with Crippen molar-refractivity contribution in [3.8, 4) is 5.69 Å². The Morgan fingerprint density at radius 2 is 1.93 bits per heavy atom. The Labute approximate surface area is 229 Å². The van der Waals surface area contributed by atoms with E-state index in [1.165, 1.54) is 18.1 Å². The van der Waals surface area contributed by atoms with Crippen LogP contribution in [0.1, 0.15) is 50.0 Å². The molecule has 2 unspecified atom stereocenters. The summed E-state index contributed by atoms with van der Waals surface area (Å²) in [6.45, 7) is 10.2. The zero-order valence-electron chi connectivity index (χ0n) is 23.0. The van der Waals surface area contributed by atoms with Crippen LogP contribution >= 0.6 is 0 Å². The van der Waals surface area contributed by atoms with Gasteiger partial charge in [0.05, 0.1) is 34.4 Å². The lowest BCUT2D eigenvalue weighted by molar-refractivity contribution is -0.220. The van der Waals surface area contributed by atoms with Crippen LogP contribution in [-0.2, 0) is 9.63 Å². The van der Waals surface area contributed by atoms with E-state index in [0.29, 0.717) is 38.5 Å². The SMILES string of the molecule is Cc1c(F)c(N2CCC(C(C)CN(C=O)OC(C)(C)C)C2)cc2c1c(=O)c(C(=O)O)cn2-c1ccc(F)cc1F. The number of aromatic carboxylic acids is 1. The Balaban J connectivity index is 1.76. The second-order valence-electron chi connectivity index (χ2n) is 11.3. The van der Waals surface area contributed by atoms with Gasteiger partial charge in [-0.25, -0.2) is 23.0 Å². The molecule has 11 heteroatoms. The number of benzene rings is 2. The van der Waals surface area contributed by atoms with Crippen LogP contribution in [0, 0.1) is 36.2 Å². The van der Waals surface area contributed by atoms with E-state index in [1.807, 2.05) is 32.6 Å². The molecule has 0 spiro atoms. The van der Waals surface area contributed by atoms with Gasteiger partial charge in [-0.1, -0.05) is 6.92 Å². The molecule has 0 aliphatic carbocycles. The molecule has 4 rings (SSSR count). The summed E-state index contributed by atoms with van der Waals surface area (Å²) in [7, 11) is 0. The maximum Gasteiger partial charge on any atom is 0.341 e. The number of pyridine rings is 1. The van der Waals surface area contributed by atoms with Gasteiger partial charge in [0, 0.05) is 30.9 Å². The Morgan fingerprint density at radius 3 is 2.52 bits per heavy atom. The highest BCUT2D eigenvalue weighted by molar-refractivity contribution is 5.95. The zero-order valence-corrected chi connectivity index (χ0v) is 23.0. The summed E-state index contributed by atoms with van der Waals surface area (Å²) in [5.41, 5.74) is -2.10. The lowest BCUT2D eigenvalue weighted by Gasteiger charge is -2.30. The number of nitrogens with zero attached hydrogens (tertiary/aromatic N) is 3. The first-order chi connectivity index (χ1) is 18.7. The number of aryl methyl sites for hydroxylation is 1. The highest BCUT2D eigenvalue weighted by atomic mass is 19.1. The van der Waals surface area contributed by atoms with E-state index in [-0.39, 0.29) is 39.7 Å². The van der Waals surface area contributed by atoms with Crippen molar-refractivity contribution in [1.29, 1.82) is 0 Å². The summed E-state index contributed by atoms with van der Waals surface area (Å²) >= 11 is 0. The minimum absolute atomic E-state index is 0.0202. The Morgan fingerprint density at radius 1 is 1.23 bits per heavy atom. The molecule has 1 aromatic heterocycles. The average molecular weight is 560 g/mol. The van der Waals surface area contributed by atoms with E-state index >= 15 is 4.39 Å². The van der Waals surface area contributed by atoms with Crippen molar-refractivity contribution in [2.24, 2.45) is 11.8 Å². The first-order valence-electron chi connectivity index (χ1n) is 12.9. The monoisotopic (exact) mass is 559 g/mol. The largest absolute Gasteiger partial charge is 0.477 e. The standard InChI is InChI=1S/C29H32F3N3O5/c1-16(12-34(15-36)40-29(3,4)5)18-8-9-33(13-18)24-11-23-25(17(2)26(24)32)27(37)20(28(38)39)14-35(23)22-7-6-19(30)10-21(22)31/h6-7,10-11,14-16,18H,8-9,12-13H2,1-5H3,(H,38,39). The number of carbonyl (C=O) groups is 2. The molecule has 1 aliphatic rings. The molecular weight excluding hydrogens is 527 g/mol. The third-order valence-electron chi connectivity index (χ3n) is 7.19. The van der Waals surface area contributed by atoms with Crippen LogP contribution in [0.2, 0.25) is 0 Å². The minimum Gasteiger partial charge on any atom is -0.477 e. The molecule has 214 valence electrons. The van der Waals surface area contributed by atoms with Crippen molar-refractivity contribution in [1.82, 2.24) is 9.63 Å². The Hall–Kier alpha value is -3.86. The normalized spacial score (nSPS) is 16.4. The summed E-state index contributed by atoms with van der Waals surface area (Å²) in [4.78, 5) is 44.0. The molecule has 1 amide bonds. The van der Waals surface area contributed by atoms with Gasteiger partial charge in [0.1, 0.15) is 23.0 Å². The number of hydrogen-bond donors (Lipinski definition) is 1. The molecule has 0 saturated carbocycles. The topological polar surface area (TPSA) is 92.1 Å². The molecule has 40 heavy (non-hydrogen) atoms. The van der Waals surface area contributed by atoms with Gasteiger partial charge in [-0.15, -0.1) is 0 Å². The van der Waals surface area contributed by atoms with E-state index in [2.05, 4.69) is 0 Å². The maximum absolute atomic E-state index is 15.8. The van der Waals surface area contributed by atoms with Gasteiger partial charge in [0.25, 0.3) is 0 Å². The van der Waals surface area contributed by atoms with Gasteiger partial charge in [0.15, 0.2) is 0 Å². The molecule has 8 nitrogen and oxygen atoms in total. The lowest BCUT2D eigenvalue weighted by atomic mass is 9.93. The third kappa shape index (κ3) is 5.70. The smallest absolute Gasteiger partial charge is 0.341 e. The second kappa shape index (κ2) is 11.0. The van der Waals surface area contributed by atoms with E-state index in [0.717, 1.165) is 22.9 Å². The highest BCUT2D eigenvalue weighted by Crippen LogP contribution is 2.35. The van der Waals surface area contributed by atoms with Crippen LogP contribution in [0.3, 0.4) is 0 Å². The molecule has 1 aliphatic heterocycles. The number of aromatic nitrogens is 1. The van der Waals surface area contributed by atoms with Crippen LogP contribution in [0.5, 0.6) is 0 Å². The van der Waals surface area contributed by atoms with E-state index in [4.69, 9.17) is 4.84 Å². The van der Waals surface area contributed by atoms with Crippen molar-refractivity contribution in [2.75, 3.05) is 24.5 Å². The molecule has 0 radical (unpaired) electrons. The fourth-order valence-electron chi connectivity index (χ4n) is 5.24. The number of fused-ring (bicyclic) bond motifs is 1. The number of hydroxylamine groups is 2. The number of halogens is 3. The first-order valence-corrected chi connectivity index (χ1v) is 12.9. The fraction of sp³-hybridized carbons (Fsp3) is 0.414. The summed E-state index contributed by atoms with van der Waals surface area (Å²) in [6, 6.07) is 4.19. The summed E-state index contributed by atoms with van der Waals surface area (Å²) < 4.78 is 45.4. The maximum atomic E-state index is 15.8. The van der Waals surface area contributed by atoms with Crippen molar-refractivity contribution >= 4 is 29.0 Å². The van der Waals surface area contributed by atoms with Crippen LogP contribution in [0.25, 0.3) is 16.6 Å². The molecule has 3 aromatic rings. The first kappa shape index (κ1) is 29.1. The summed E-state index contributed by atoms with van der Waals surface area (Å²) in [5, 5.41) is 10.7. The number of rotatable bonds is 8. The van der Waals surface area contributed by atoms with Crippen molar-refractivity contribution in [3.05, 3.63) is 69.3 Å². The third-order valence-corrected chi connectivity index (χ3v) is 7.19. The number of anilines is 1. The molecule has 1 saturated heterocycles. The lowest BCUT2D eigenvalue weighted by Crippen LogP contribution is -2.37. The predicted octanol–water partition coefficient (Wildman–Crippen LogP) is 5.07. The average Bonchev–Trinajstić information content (AvgIpc) is 3.35. The molecule has 1 fully saturated rings. The molecule has 2 aromatic carbocycles. The molecule has 1 N–H and O–H groups in total. The van der Waals surface area contributed by atoms with Crippen molar-refractivity contribution < 1.29 is 32.7 Å². The van der Waals surface area contributed by atoms with Gasteiger partial charge < -0.3 is 14.6 Å². The summed E-state index contributed by atoms with van der Waals surface area (Å²) in [6.07, 6.45) is 2.32. The van der Waals surface area contributed by atoms with Gasteiger partial charge in [-0.2, -0.15) is 0 Å². The molecule has 0 bridgehead atoms. The molecular formula is C29H32F3N3O5. The molecule has 2 atom stereocenters. The summed E-state index contributed by atoms with van der Waals surface area (Å²) in [5.74, 6) is -3.93. The predicted molar refractivity (Wildman–Crippen MR) is 144 cm³/mol. The number of carboxylic acid groups (broad SMARTS) is 1. The van der Waals surface area contributed by atoms with E-state index in [9.17, 15) is 28.3 Å².